The Labute approximate surface area is 168 Å². The van der Waals surface area contributed by atoms with Crippen LogP contribution in [0.4, 0.5) is 0 Å². The van der Waals surface area contributed by atoms with E-state index in [1.807, 2.05) is 0 Å². The van der Waals surface area contributed by atoms with E-state index in [0.29, 0.717) is 11.1 Å². The Morgan fingerprint density at radius 1 is 1.04 bits per heavy atom. The van der Waals surface area contributed by atoms with Gasteiger partial charge in [-0.1, -0.05) is 17.7 Å². The molecule has 1 heterocycles. The Bertz CT molecular complexity index is 864. The van der Waals surface area contributed by atoms with Gasteiger partial charge in [0.15, 0.2) is 6.29 Å². The minimum Gasteiger partial charge on any atom is -0.341 e. The van der Waals surface area contributed by atoms with Gasteiger partial charge in [0.05, 0.1) is 0 Å². The first-order chi connectivity index (χ1) is 13.4. The molecule has 2 aromatic rings. The molecule has 4 saturated carbocycles. The molecule has 6 rings (SSSR count). The van der Waals surface area contributed by atoms with Gasteiger partial charge in [-0.15, -0.1) is 0 Å². The summed E-state index contributed by atoms with van der Waals surface area (Å²) in [4.78, 5) is 20.0. The molecule has 4 fully saturated rings. The third-order valence-corrected chi connectivity index (χ3v) is 7.91. The first kappa shape index (κ1) is 18.1. The smallest absolute Gasteiger partial charge is 0.170 e. The lowest BCUT2D eigenvalue weighted by Gasteiger charge is -2.57. The van der Waals surface area contributed by atoms with Gasteiger partial charge in [-0.2, -0.15) is 0 Å². The second kappa shape index (κ2) is 6.57. The van der Waals surface area contributed by atoms with Crippen LogP contribution in [0, 0.1) is 43.9 Å². The fourth-order valence-corrected chi connectivity index (χ4v) is 7.37. The van der Waals surface area contributed by atoms with Crippen LogP contribution in [0.25, 0.3) is 11.4 Å². The molecule has 3 heteroatoms. The van der Waals surface area contributed by atoms with Gasteiger partial charge in [-0.05, 0) is 106 Å². The molecule has 1 aromatic carbocycles. The highest BCUT2D eigenvalue weighted by molar-refractivity contribution is 5.77. The zero-order valence-electron chi connectivity index (χ0n) is 17.5. The van der Waals surface area contributed by atoms with E-state index in [1.165, 1.54) is 61.6 Å². The average molecular weight is 377 g/mol. The number of nitrogens with zero attached hydrogens (tertiary/aromatic N) is 1. The molecule has 0 atom stereocenters. The normalized spacial score (nSPS) is 30.8. The Hall–Kier alpha value is -1.90. The Morgan fingerprint density at radius 3 is 2.14 bits per heavy atom. The number of rotatable bonds is 5. The zero-order valence-corrected chi connectivity index (χ0v) is 17.5. The summed E-state index contributed by atoms with van der Waals surface area (Å²) in [5.41, 5.74) is 7.04. The highest BCUT2D eigenvalue weighted by atomic mass is 16.1. The first-order valence-corrected chi connectivity index (χ1v) is 11.1. The number of hydrogen-bond donors (Lipinski definition) is 1. The van der Waals surface area contributed by atoms with E-state index in [9.17, 15) is 4.79 Å². The summed E-state index contributed by atoms with van der Waals surface area (Å²) in [5.74, 6) is 3.79. The molecule has 1 N–H and O–H groups in total. The van der Waals surface area contributed by atoms with Crippen molar-refractivity contribution in [2.45, 2.75) is 72.1 Å². The van der Waals surface area contributed by atoms with Crippen LogP contribution in [0.3, 0.4) is 0 Å². The lowest BCUT2D eigenvalue weighted by atomic mass is 9.48. The van der Waals surface area contributed by atoms with Gasteiger partial charge in [0.2, 0.25) is 0 Å². The molecule has 148 valence electrons. The molecule has 3 nitrogen and oxygen atoms in total. The van der Waals surface area contributed by atoms with E-state index < -0.39 is 0 Å². The van der Waals surface area contributed by atoms with E-state index in [1.54, 1.807) is 0 Å². The number of hydrogen-bond acceptors (Lipinski definition) is 2. The van der Waals surface area contributed by atoms with Gasteiger partial charge in [0.1, 0.15) is 11.5 Å². The molecule has 0 amide bonds. The molecular formula is C25H32N2O. The predicted molar refractivity (Wildman–Crippen MR) is 113 cm³/mol. The molecule has 4 aliphatic rings. The molecule has 4 aliphatic carbocycles. The molecule has 0 saturated heterocycles. The Morgan fingerprint density at radius 2 is 1.61 bits per heavy atom. The lowest BCUT2D eigenvalue weighted by molar-refractivity contribution is -0.0570. The molecule has 4 bridgehead atoms. The van der Waals surface area contributed by atoms with Crippen molar-refractivity contribution < 1.29 is 4.79 Å². The van der Waals surface area contributed by atoms with E-state index >= 15 is 0 Å². The number of aromatic amines is 1. The van der Waals surface area contributed by atoms with E-state index in [0.717, 1.165) is 47.5 Å². The summed E-state index contributed by atoms with van der Waals surface area (Å²) in [7, 11) is 0. The second-order valence-electron chi connectivity index (χ2n) is 10.3. The molecule has 1 aromatic heterocycles. The van der Waals surface area contributed by atoms with Crippen LogP contribution in [-0.2, 0) is 6.42 Å². The summed E-state index contributed by atoms with van der Waals surface area (Å²) in [6.45, 7) is 6.39. The number of carbonyl (C=O) groups excluding carboxylic acids is 1. The van der Waals surface area contributed by atoms with Gasteiger partial charge >= 0.3 is 0 Å². The van der Waals surface area contributed by atoms with Crippen molar-refractivity contribution in [1.82, 2.24) is 9.97 Å². The molecule has 0 spiro atoms. The monoisotopic (exact) mass is 376 g/mol. The lowest BCUT2D eigenvalue weighted by Crippen LogP contribution is -2.46. The maximum absolute atomic E-state index is 11.7. The van der Waals surface area contributed by atoms with Gasteiger partial charge < -0.3 is 4.98 Å². The van der Waals surface area contributed by atoms with Crippen LogP contribution in [-0.4, -0.2) is 16.3 Å². The molecule has 0 aliphatic heterocycles. The summed E-state index contributed by atoms with van der Waals surface area (Å²) in [6, 6.07) is 4.39. The number of aldehydes is 1. The highest BCUT2D eigenvalue weighted by Gasteiger charge is 2.50. The van der Waals surface area contributed by atoms with Crippen molar-refractivity contribution >= 4 is 6.29 Å². The maximum Gasteiger partial charge on any atom is 0.170 e. The van der Waals surface area contributed by atoms with E-state index in [4.69, 9.17) is 4.98 Å². The van der Waals surface area contributed by atoms with Crippen molar-refractivity contribution in [3.8, 4) is 11.4 Å². The van der Waals surface area contributed by atoms with Crippen LogP contribution in [0.1, 0.15) is 77.8 Å². The van der Waals surface area contributed by atoms with Gasteiger partial charge in [-0.3, -0.25) is 4.79 Å². The SMILES string of the molecule is Cc1cc(C)c(-c2nc(C=O)c(CCC34CC5CC(CC(C5)C3)C4)[nH]2)c(C)c1. The fourth-order valence-electron chi connectivity index (χ4n) is 7.37. The standard InChI is InChI=1S/C25H32N2O/c1-15-6-16(2)23(17(3)7-15)24-26-21(22(14-28)27-24)4-5-25-11-18-8-19(12-25)10-20(9-18)13-25/h6-7,14,18-20H,4-5,8-13H2,1-3H3,(H,26,27). The van der Waals surface area contributed by atoms with Crippen LogP contribution >= 0.6 is 0 Å². The van der Waals surface area contributed by atoms with Crippen LogP contribution in [0.2, 0.25) is 0 Å². The number of nitrogens with one attached hydrogen (secondary N) is 1. The zero-order chi connectivity index (χ0) is 19.5. The van der Waals surface area contributed by atoms with Crippen LogP contribution in [0.15, 0.2) is 12.1 Å². The van der Waals surface area contributed by atoms with E-state index in [-0.39, 0.29) is 0 Å². The third kappa shape index (κ3) is 3.03. The van der Waals surface area contributed by atoms with Crippen molar-refractivity contribution in [2.24, 2.45) is 23.2 Å². The minimum atomic E-state index is 0.538. The van der Waals surface area contributed by atoms with Gasteiger partial charge in [-0.25, -0.2) is 4.98 Å². The molecule has 0 unspecified atom stereocenters. The third-order valence-electron chi connectivity index (χ3n) is 7.91. The first-order valence-electron chi connectivity index (χ1n) is 11.1. The topological polar surface area (TPSA) is 45.8 Å². The number of carbonyl (C=O) groups is 1. The Kier molecular flexibility index (Phi) is 4.26. The second-order valence-corrected chi connectivity index (χ2v) is 10.3. The van der Waals surface area contributed by atoms with Crippen molar-refractivity contribution in [2.75, 3.05) is 0 Å². The average Bonchev–Trinajstić information content (AvgIpc) is 3.01. The minimum absolute atomic E-state index is 0.538. The number of aromatic nitrogens is 2. The summed E-state index contributed by atoms with van der Waals surface area (Å²) in [6.07, 6.45) is 11.8. The van der Waals surface area contributed by atoms with Crippen molar-refractivity contribution in [3.63, 3.8) is 0 Å². The van der Waals surface area contributed by atoms with E-state index in [2.05, 4.69) is 37.9 Å². The number of benzene rings is 1. The molecule has 28 heavy (non-hydrogen) atoms. The fraction of sp³-hybridized carbons (Fsp3) is 0.600. The Balaban J connectivity index is 1.40. The highest BCUT2D eigenvalue weighted by Crippen LogP contribution is 2.61. The van der Waals surface area contributed by atoms with Crippen molar-refractivity contribution in [1.29, 1.82) is 0 Å². The summed E-state index contributed by atoms with van der Waals surface area (Å²) in [5, 5.41) is 0. The predicted octanol–water partition coefficient (Wildman–Crippen LogP) is 5.96. The van der Waals surface area contributed by atoms with Crippen LogP contribution < -0.4 is 0 Å². The van der Waals surface area contributed by atoms with Crippen molar-refractivity contribution in [3.05, 3.63) is 40.2 Å². The van der Waals surface area contributed by atoms with Crippen LogP contribution in [0.5, 0.6) is 0 Å². The summed E-state index contributed by atoms with van der Waals surface area (Å²) < 4.78 is 0. The van der Waals surface area contributed by atoms with Gasteiger partial charge in [0, 0.05) is 11.3 Å². The quantitative estimate of drug-likeness (QED) is 0.654. The number of H-pyrrole nitrogens is 1. The van der Waals surface area contributed by atoms with Gasteiger partial charge in [0.25, 0.3) is 0 Å². The summed E-state index contributed by atoms with van der Waals surface area (Å²) >= 11 is 0. The largest absolute Gasteiger partial charge is 0.341 e. The molecule has 0 radical (unpaired) electrons. The number of aryl methyl sites for hydroxylation is 4. The number of imidazole rings is 1. The molecular weight excluding hydrogens is 344 g/mol. The maximum atomic E-state index is 11.7.